The number of thioether (sulfide) groups is 1. The van der Waals surface area contributed by atoms with E-state index in [1.165, 1.54) is 11.8 Å². The predicted molar refractivity (Wildman–Crippen MR) is 103 cm³/mol. The van der Waals surface area contributed by atoms with Crippen molar-refractivity contribution in [3.05, 3.63) is 69.6 Å². The molecule has 1 amide bonds. The summed E-state index contributed by atoms with van der Waals surface area (Å²) in [5.74, 6) is -0.114. The molecule has 0 atom stereocenters. The third-order valence-corrected chi connectivity index (χ3v) is 5.06. The first-order valence-corrected chi connectivity index (χ1v) is 8.62. The van der Waals surface area contributed by atoms with Gasteiger partial charge in [-0.3, -0.25) is 14.5 Å². The summed E-state index contributed by atoms with van der Waals surface area (Å²) in [6, 6.07) is 13.0. The molecule has 0 aromatic heterocycles. The second-order valence-corrected chi connectivity index (χ2v) is 7.27. The standard InChI is InChI=1S/C19H15NO2S2/c1-12-3-8-16(13(2)9-12)20-18(22)17(24-19(20)23)10-14-4-6-15(11-21)7-5-14/h3-11H,1-2H3. The highest BCUT2D eigenvalue weighted by molar-refractivity contribution is 8.27. The summed E-state index contributed by atoms with van der Waals surface area (Å²) < 4.78 is 0.530. The highest BCUT2D eigenvalue weighted by Gasteiger charge is 2.33. The van der Waals surface area contributed by atoms with E-state index in [1.54, 1.807) is 23.1 Å². The molecule has 0 bridgehead atoms. The second-order valence-electron chi connectivity index (χ2n) is 5.59. The van der Waals surface area contributed by atoms with E-state index in [0.29, 0.717) is 14.8 Å². The lowest BCUT2D eigenvalue weighted by Gasteiger charge is -2.17. The Balaban J connectivity index is 1.93. The number of carbonyl (C=O) groups excluding carboxylic acids is 2. The van der Waals surface area contributed by atoms with Gasteiger partial charge in [0.15, 0.2) is 4.32 Å². The van der Waals surface area contributed by atoms with Crippen LogP contribution < -0.4 is 4.90 Å². The molecule has 0 N–H and O–H groups in total. The molecule has 1 fully saturated rings. The number of hydrogen-bond donors (Lipinski definition) is 0. The van der Waals surface area contributed by atoms with Crippen molar-refractivity contribution < 1.29 is 9.59 Å². The Morgan fingerprint density at radius 2 is 1.71 bits per heavy atom. The Morgan fingerprint density at radius 1 is 1.04 bits per heavy atom. The largest absolute Gasteiger partial charge is 0.298 e. The maximum atomic E-state index is 12.8. The van der Waals surface area contributed by atoms with Crippen molar-refractivity contribution in [3.8, 4) is 0 Å². The number of benzene rings is 2. The van der Waals surface area contributed by atoms with Crippen molar-refractivity contribution in [1.82, 2.24) is 0 Å². The van der Waals surface area contributed by atoms with Crippen molar-refractivity contribution >= 4 is 52.3 Å². The molecule has 5 heteroatoms. The summed E-state index contributed by atoms with van der Waals surface area (Å²) in [7, 11) is 0. The molecule has 0 radical (unpaired) electrons. The number of aldehydes is 1. The lowest BCUT2D eigenvalue weighted by atomic mass is 10.1. The number of thiocarbonyl (C=S) groups is 1. The van der Waals surface area contributed by atoms with E-state index in [9.17, 15) is 9.59 Å². The first kappa shape index (κ1) is 16.6. The Kier molecular flexibility index (Phi) is 4.64. The van der Waals surface area contributed by atoms with Crippen molar-refractivity contribution in [2.24, 2.45) is 0 Å². The van der Waals surface area contributed by atoms with Crippen LogP contribution in [-0.2, 0) is 4.79 Å². The van der Waals surface area contributed by atoms with Gasteiger partial charge in [0, 0.05) is 5.56 Å². The fourth-order valence-corrected chi connectivity index (χ4v) is 3.84. The fraction of sp³-hybridized carbons (Fsp3) is 0.105. The minimum absolute atomic E-state index is 0.114. The van der Waals surface area contributed by atoms with Crippen molar-refractivity contribution in [2.75, 3.05) is 4.90 Å². The van der Waals surface area contributed by atoms with Crippen LogP contribution >= 0.6 is 24.0 Å². The minimum Gasteiger partial charge on any atom is -0.298 e. The summed E-state index contributed by atoms with van der Waals surface area (Å²) in [6.07, 6.45) is 2.60. The van der Waals surface area contributed by atoms with E-state index in [-0.39, 0.29) is 5.91 Å². The van der Waals surface area contributed by atoms with E-state index in [2.05, 4.69) is 0 Å². The van der Waals surface area contributed by atoms with E-state index in [0.717, 1.165) is 28.7 Å². The van der Waals surface area contributed by atoms with Crippen molar-refractivity contribution in [3.63, 3.8) is 0 Å². The number of anilines is 1. The van der Waals surface area contributed by atoms with Gasteiger partial charge < -0.3 is 0 Å². The molecular formula is C19H15NO2S2. The van der Waals surface area contributed by atoms with E-state index >= 15 is 0 Å². The molecule has 0 aliphatic carbocycles. The zero-order valence-corrected chi connectivity index (χ0v) is 14.9. The van der Waals surface area contributed by atoms with Gasteiger partial charge in [-0.05, 0) is 37.1 Å². The highest BCUT2D eigenvalue weighted by atomic mass is 32.2. The summed E-state index contributed by atoms with van der Waals surface area (Å²) in [5.41, 5.74) is 4.45. The van der Waals surface area contributed by atoms with Crippen LogP contribution in [0.15, 0.2) is 47.4 Å². The highest BCUT2D eigenvalue weighted by Crippen LogP contribution is 2.37. The molecule has 1 heterocycles. The molecule has 120 valence electrons. The maximum Gasteiger partial charge on any atom is 0.270 e. The molecule has 3 nitrogen and oxygen atoms in total. The van der Waals surface area contributed by atoms with Crippen LogP contribution in [0, 0.1) is 13.8 Å². The zero-order chi connectivity index (χ0) is 17.3. The molecule has 24 heavy (non-hydrogen) atoms. The number of rotatable bonds is 3. The molecule has 0 saturated carbocycles. The van der Waals surface area contributed by atoms with Crippen LogP contribution in [0.4, 0.5) is 5.69 Å². The average molecular weight is 353 g/mol. The molecule has 1 aliphatic heterocycles. The molecule has 2 aromatic carbocycles. The van der Waals surface area contributed by atoms with E-state index in [1.807, 2.05) is 44.2 Å². The summed E-state index contributed by atoms with van der Waals surface area (Å²) in [4.78, 5) is 25.7. The average Bonchev–Trinajstić information content (AvgIpc) is 2.83. The number of hydrogen-bond acceptors (Lipinski definition) is 4. The number of aryl methyl sites for hydroxylation is 2. The molecule has 1 aliphatic rings. The topological polar surface area (TPSA) is 37.4 Å². The Morgan fingerprint density at radius 3 is 2.33 bits per heavy atom. The lowest BCUT2D eigenvalue weighted by molar-refractivity contribution is -0.113. The molecular weight excluding hydrogens is 338 g/mol. The molecule has 1 saturated heterocycles. The van der Waals surface area contributed by atoms with Gasteiger partial charge in [0.2, 0.25) is 0 Å². The fourth-order valence-electron chi connectivity index (χ4n) is 2.55. The van der Waals surface area contributed by atoms with Crippen LogP contribution in [-0.4, -0.2) is 16.5 Å². The van der Waals surface area contributed by atoms with Crippen LogP contribution in [0.25, 0.3) is 6.08 Å². The smallest absolute Gasteiger partial charge is 0.270 e. The zero-order valence-electron chi connectivity index (χ0n) is 13.3. The van der Waals surface area contributed by atoms with Gasteiger partial charge in [-0.15, -0.1) is 0 Å². The second kappa shape index (κ2) is 6.71. The van der Waals surface area contributed by atoms with Crippen molar-refractivity contribution in [1.29, 1.82) is 0 Å². The monoisotopic (exact) mass is 353 g/mol. The molecule has 0 spiro atoms. The quantitative estimate of drug-likeness (QED) is 0.462. The summed E-state index contributed by atoms with van der Waals surface area (Å²) in [6.45, 7) is 3.99. The van der Waals surface area contributed by atoms with Crippen LogP contribution in [0.1, 0.15) is 27.0 Å². The molecule has 3 rings (SSSR count). The van der Waals surface area contributed by atoms with Gasteiger partial charge in [-0.2, -0.15) is 0 Å². The van der Waals surface area contributed by atoms with Crippen molar-refractivity contribution in [2.45, 2.75) is 13.8 Å². The first-order chi connectivity index (χ1) is 11.5. The minimum atomic E-state index is -0.114. The first-order valence-electron chi connectivity index (χ1n) is 7.40. The molecule has 0 unspecified atom stereocenters. The van der Waals surface area contributed by atoms with Crippen LogP contribution in [0.3, 0.4) is 0 Å². The summed E-state index contributed by atoms with van der Waals surface area (Å²) >= 11 is 6.70. The van der Waals surface area contributed by atoms with Gasteiger partial charge >= 0.3 is 0 Å². The van der Waals surface area contributed by atoms with Crippen LogP contribution in [0.5, 0.6) is 0 Å². The number of carbonyl (C=O) groups is 2. The molecule has 2 aromatic rings. The Bertz CT molecular complexity index is 869. The van der Waals surface area contributed by atoms with E-state index in [4.69, 9.17) is 12.2 Å². The van der Waals surface area contributed by atoms with Gasteiger partial charge in [0.05, 0.1) is 10.6 Å². The third kappa shape index (κ3) is 3.18. The van der Waals surface area contributed by atoms with Crippen LogP contribution in [0.2, 0.25) is 0 Å². The van der Waals surface area contributed by atoms with Gasteiger partial charge in [0.25, 0.3) is 5.91 Å². The third-order valence-electron chi connectivity index (χ3n) is 3.76. The SMILES string of the molecule is Cc1ccc(N2C(=O)C(=Cc3ccc(C=O)cc3)SC2=S)c(C)c1. The number of amides is 1. The lowest BCUT2D eigenvalue weighted by Crippen LogP contribution is -2.28. The van der Waals surface area contributed by atoms with E-state index < -0.39 is 0 Å². The Hall–Kier alpha value is -2.24. The van der Waals surface area contributed by atoms with Gasteiger partial charge in [0.1, 0.15) is 6.29 Å². The Labute approximate surface area is 150 Å². The normalized spacial score (nSPS) is 16.1. The number of nitrogens with zero attached hydrogens (tertiary/aromatic N) is 1. The van der Waals surface area contributed by atoms with Gasteiger partial charge in [-0.1, -0.05) is 65.9 Å². The summed E-state index contributed by atoms with van der Waals surface area (Å²) in [5, 5.41) is 0. The van der Waals surface area contributed by atoms with Gasteiger partial charge in [-0.25, -0.2) is 0 Å². The predicted octanol–water partition coefficient (Wildman–Crippen LogP) is 4.52. The maximum absolute atomic E-state index is 12.8.